The Labute approximate surface area is 91.1 Å². The van der Waals surface area contributed by atoms with Gasteiger partial charge >= 0.3 is 0 Å². The lowest BCUT2D eigenvalue weighted by molar-refractivity contribution is -0.116. The van der Waals surface area contributed by atoms with Crippen molar-refractivity contribution in [2.75, 3.05) is 0 Å². The first-order chi connectivity index (χ1) is 7.29. The van der Waals surface area contributed by atoms with Crippen LogP contribution in [0.15, 0.2) is 18.2 Å². The van der Waals surface area contributed by atoms with Crippen LogP contribution in [0.25, 0.3) is 0 Å². The molecule has 0 N–H and O–H groups in total. The zero-order valence-electron chi connectivity index (χ0n) is 9.13. The van der Waals surface area contributed by atoms with Crippen molar-refractivity contribution in [3.05, 3.63) is 18.2 Å². The zero-order chi connectivity index (χ0) is 11.1. The number of ketones is 1. The van der Waals surface area contributed by atoms with E-state index in [0.29, 0.717) is 18.4 Å². The number of Topliss-reactive ketones (excluding diaryl/α,β-unsaturated/α-hetero) is 1. The molecule has 15 heavy (non-hydrogen) atoms. The summed E-state index contributed by atoms with van der Waals surface area (Å²) in [4.78, 5) is 22.5. The first-order valence-corrected chi connectivity index (χ1v) is 5.68. The molecule has 0 atom stereocenters. The standard InChI is InChI=1S/C13H18O2/c1-2-3-9-13(15)12(10-14)11-7-5-4-6-8-11/h2,11H,1,3-9H2. The molecule has 2 nitrogen and oxygen atoms in total. The average molecular weight is 206 g/mol. The van der Waals surface area contributed by atoms with Gasteiger partial charge in [-0.3, -0.25) is 4.79 Å². The van der Waals surface area contributed by atoms with E-state index < -0.39 is 0 Å². The largest absolute Gasteiger partial charge is 0.294 e. The van der Waals surface area contributed by atoms with Crippen LogP contribution in [-0.4, -0.2) is 11.7 Å². The molecule has 2 heteroatoms. The van der Waals surface area contributed by atoms with Gasteiger partial charge in [-0.25, -0.2) is 4.79 Å². The van der Waals surface area contributed by atoms with E-state index in [0.717, 1.165) is 25.7 Å². The maximum atomic E-state index is 11.7. The Kier molecular flexibility index (Phi) is 5.06. The van der Waals surface area contributed by atoms with Crippen molar-refractivity contribution in [2.45, 2.75) is 44.9 Å². The van der Waals surface area contributed by atoms with Crippen LogP contribution in [0.3, 0.4) is 0 Å². The van der Waals surface area contributed by atoms with Gasteiger partial charge in [-0.15, -0.1) is 6.58 Å². The second kappa shape index (κ2) is 6.36. The van der Waals surface area contributed by atoms with E-state index in [2.05, 4.69) is 6.58 Å². The molecule has 1 fully saturated rings. The van der Waals surface area contributed by atoms with Crippen LogP contribution in [0.4, 0.5) is 0 Å². The molecule has 0 saturated heterocycles. The van der Waals surface area contributed by atoms with Gasteiger partial charge in [0.2, 0.25) is 0 Å². The summed E-state index contributed by atoms with van der Waals surface area (Å²) in [7, 11) is 0. The molecule has 0 spiro atoms. The molecule has 0 radical (unpaired) electrons. The second-order valence-corrected chi connectivity index (χ2v) is 4.10. The first kappa shape index (κ1) is 11.9. The van der Waals surface area contributed by atoms with E-state index in [4.69, 9.17) is 0 Å². The summed E-state index contributed by atoms with van der Waals surface area (Å²) in [5.74, 6) is 2.01. The Hall–Kier alpha value is -1.14. The van der Waals surface area contributed by atoms with Crippen LogP contribution in [0.5, 0.6) is 0 Å². The van der Waals surface area contributed by atoms with E-state index in [1.165, 1.54) is 6.42 Å². The van der Waals surface area contributed by atoms with Gasteiger partial charge in [0, 0.05) is 6.42 Å². The van der Waals surface area contributed by atoms with Gasteiger partial charge in [0.25, 0.3) is 0 Å². The lowest BCUT2D eigenvalue weighted by Gasteiger charge is -2.21. The molecule has 1 aliphatic rings. The highest BCUT2D eigenvalue weighted by Crippen LogP contribution is 2.29. The third-order valence-electron chi connectivity index (χ3n) is 3.00. The Balaban J connectivity index is 2.58. The summed E-state index contributed by atoms with van der Waals surface area (Å²) in [6.07, 6.45) is 8.20. The molecule has 0 aliphatic heterocycles. The number of hydrogen-bond acceptors (Lipinski definition) is 2. The fraction of sp³-hybridized carbons (Fsp3) is 0.615. The quantitative estimate of drug-likeness (QED) is 0.394. The predicted molar refractivity (Wildman–Crippen MR) is 60.2 cm³/mol. The molecule has 1 aliphatic carbocycles. The minimum Gasteiger partial charge on any atom is -0.294 e. The number of rotatable bonds is 5. The minimum atomic E-state index is -0.0307. The van der Waals surface area contributed by atoms with E-state index in [1.54, 1.807) is 6.08 Å². The van der Waals surface area contributed by atoms with Gasteiger partial charge in [0.1, 0.15) is 5.94 Å². The smallest absolute Gasteiger partial charge is 0.170 e. The molecule has 0 amide bonds. The van der Waals surface area contributed by atoms with Crippen molar-refractivity contribution in [3.8, 4) is 0 Å². The van der Waals surface area contributed by atoms with Gasteiger partial charge in [-0.05, 0) is 25.2 Å². The average Bonchev–Trinajstić information content (AvgIpc) is 2.29. The fourth-order valence-electron chi connectivity index (χ4n) is 2.13. The maximum Gasteiger partial charge on any atom is 0.170 e. The normalized spacial score (nSPS) is 16.8. The van der Waals surface area contributed by atoms with E-state index in [-0.39, 0.29) is 11.7 Å². The molecule has 0 bridgehead atoms. The van der Waals surface area contributed by atoms with Crippen LogP contribution in [0.2, 0.25) is 0 Å². The van der Waals surface area contributed by atoms with E-state index >= 15 is 0 Å². The molecule has 0 aromatic heterocycles. The molecule has 0 heterocycles. The van der Waals surface area contributed by atoms with Gasteiger partial charge in [0.05, 0.1) is 5.57 Å². The van der Waals surface area contributed by atoms with Gasteiger partial charge in [0.15, 0.2) is 5.78 Å². The summed E-state index contributed by atoms with van der Waals surface area (Å²) in [6.45, 7) is 3.57. The highest BCUT2D eigenvalue weighted by molar-refractivity contribution is 6.02. The van der Waals surface area contributed by atoms with Crippen LogP contribution >= 0.6 is 0 Å². The Bertz CT molecular complexity index is 279. The van der Waals surface area contributed by atoms with Crippen LogP contribution in [0, 0.1) is 5.92 Å². The Morgan fingerprint density at radius 1 is 1.33 bits per heavy atom. The van der Waals surface area contributed by atoms with Crippen LogP contribution in [-0.2, 0) is 9.59 Å². The van der Waals surface area contributed by atoms with Crippen LogP contribution in [0.1, 0.15) is 44.9 Å². The van der Waals surface area contributed by atoms with Crippen molar-refractivity contribution < 1.29 is 9.59 Å². The van der Waals surface area contributed by atoms with Crippen molar-refractivity contribution in [1.82, 2.24) is 0 Å². The third kappa shape index (κ3) is 3.49. The minimum absolute atomic E-state index is 0.0307. The van der Waals surface area contributed by atoms with Gasteiger partial charge < -0.3 is 0 Å². The molecule has 1 rings (SSSR count). The lowest BCUT2D eigenvalue weighted by atomic mass is 9.82. The summed E-state index contributed by atoms with van der Waals surface area (Å²) in [6, 6.07) is 0. The van der Waals surface area contributed by atoms with Crippen molar-refractivity contribution in [3.63, 3.8) is 0 Å². The summed E-state index contributed by atoms with van der Waals surface area (Å²) in [5.41, 5.74) is 0.400. The third-order valence-corrected chi connectivity index (χ3v) is 3.00. The zero-order valence-corrected chi connectivity index (χ0v) is 9.13. The van der Waals surface area contributed by atoms with E-state index in [1.807, 2.05) is 5.94 Å². The molecular formula is C13H18O2. The monoisotopic (exact) mass is 206 g/mol. The highest BCUT2D eigenvalue weighted by Gasteiger charge is 2.23. The first-order valence-electron chi connectivity index (χ1n) is 5.68. The molecule has 0 aromatic rings. The molecular weight excluding hydrogens is 188 g/mol. The molecule has 1 saturated carbocycles. The van der Waals surface area contributed by atoms with Crippen molar-refractivity contribution in [2.24, 2.45) is 5.92 Å². The SMILES string of the molecule is C=CCCC(=O)C(=C=O)C1CCCCC1. The number of allylic oxidation sites excluding steroid dienone is 2. The van der Waals surface area contributed by atoms with Gasteiger partial charge in [-0.1, -0.05) is 25.3 Å². The maximum absolute atomic E-state index is 11.7. The molecule has 0 aromatic carbocycles. The topological polar surface area (TPSA) is 34.1 Å². The van der Waals surface area contributed by atoms with E-state index in [9.17, 15) is 9.59 Å². The summed E-state index contributed by atoms with van der Waals surface area (Å²) < 4.78 is 0. The Morgan fingerprint density at radius 3 is 2.53 bits per heavy atom. The van der Waals surface area contributed by atoms with Gasteiger partial charge in [-0.2, -0.15) is 0 Å². The highest BCUT2D eigenvalue weighted by atomic mass is 16.1. The number of carbonyl (C=O) groups is 1. The molecule has 82 valence electrons. The van der Waals surface area contributed by atoms with Crippen molar-refractivity contribution in [1.29, 1.82) is 0 Å². The fourth-order valence-corrected chi connectivity index (χ4v) is 2.13. The summed E-state index contributed by atoms with van der Waals surface area (Å²) in [5, 5.41) is 0. The number of hydrogen-bond donors (Lipinski definition) is 0. The lowest BCUT2D eigenvalue weighted by Crippen LogP contribution is -2.16. The summed E-state index contributed by atoms with van der Waals surface area (Å²) >= 11 is 0. The Morgan fingerprint density at radius 2 is 2.00 bits per heavy atom. The van der Waals surface area contributed by atoms with Crippen LogP contribution < -0.4 is 0 Å². The number of carbonyl (C=O) groups excluding carboxylic acids is 2. The second-order valence-electron chi connectivity index (χ2n) is 4.10. The molecule has 0 unspecified atom stereocenters. The van der Waals surface area contributed by atoms with Crippen molar-refractivity contribution >= 4 is 11.7 Å². The predicted octanol–water partition coefficient (Wildman–Crippen LogP) is 2.86.